The predicted octanol–water partition coefficient (Wildman–Crippen LogP) is 23.1. The van der Waals surface area contributed by atoms with Gasteiger partial charge >= 0.3 is 0 Å². The lowest BCUT2D eigenvalue weighted by molar-refractivity contribution is 0.0684. The Labute approximate surface area is 588 Å². The molecule has 9 heterocycles. The number of rotatable bonds is 1. The summed E-state index contributed by atoms with van der Waals surface area (Å²) in [6, 6.07) is 50.2. The van der Waals surface area contributed by atoms with Crippen LogP contribution in [0.25, 0.3) is 131 Å². The number of aryl methyl sites for hydroxylation is 2. The smallest absolute Gasteiger partial charge is 0.255 e. The summed E-state index contributed by atoms with van der Waals surface area (Å²) in [5.41, 5.74) is 18.1. The molecular formula is C84H100IN9O3. The molecule has 18 rings (SSSR count). The van der Waals surface area contributed by atoms with Gasteiger partial charge < -0.3 is 43.8 Å². The molecule has 13 heteroatoms. The maximum atomic E-state index is 13.6. The fourth-order valence-electron chi connectivity index (χ4n) is 15.4. The quantitative estimate of drug-likeness (QED) is 0.122. The zero-order valence-electron chi connectivity index (χ0n) is 61.4. The second-order valence-corrected chi connectivity index (χ2v) is 25.0. The molecule has 0 spiro atoms. The van der Waals surface area contributed by atoms with Crippen molar-refractivity contribution >= 4 is 173 Å². The van der Waals surface area contributed by atoms with Crippen LogP contribution in [0.1, 0.15) is 179 Å². The molecule has 6 aromatic heterocycles. The van der Waals surface area contributed by atoms with Crippen molar-refractivity contribution in [3.05, 3.63) is 179 Å². The Morgan fingerprint density at radius 2 is 0.577 bits per heavy atom. The molecule has 12 nitrogen and oxygen atoms in total. The third-order valence-electron chi connectivity index (χ3n) is 20.1. The molecule has 0 radical (unpaired) electrons. The van der Waals surface area contributed by atoms with Gasteiger partial charge in [0.2, 0.25) is 0 Å². The number of para-hydroxylation sites is 6. The zero-order valence-corrected chi connectivity index (χ0v) is 63.8. The summed E-state index contributed by atoms with van der Waals surface area (Å²) in [6.45, 7) is 39.9. The highest BCUT2D eigenvalue weighted by atomic mass is 127. The van der Waals surface area contributed by atoms with Crippen LogP contribution < -0.4 is 0 Å². The Morgan fingerprint density at radius 1 is 0.320 bits per heavy atom. The van der Waals surface area contributed by atoms with Gasteiger partial charge in [-0.2, -0.15) is 0 Å². The van der Waals surface area contributed by atoms with Crippen LogP contribution in [-0.4, -0.2) is 82.6 Å². The molecule has 3 aliphatic rings. The van der Waals surface area contributed by atoms with E-state index in [1.807, 2.05) is 137 Å². The normalized spacial score (nSPS) is 14.3. The van der Waals surface area contributed by atoms with Gasteiger partial charge in [-0.25, -0.2) is 0 Å². The van der Waals surface area contributed by atoms with Crippen LogP contribution in [0.15, 0.2) is 146 Å². The van der Waals surface area contributed by atoms with Crippen LogP contribution in [0.4, 0.5) is 0 Å². The van der Waals surface area contributed by atoms with E-state index in [1.165, 1.54) is 32.4 Å². The highest BCUT2D eigenvalue weighted by molar-refractivity contribution is 14.0. The number of carbonyl (C=O) groups is 3. The van der Waals surface area contributed by atoms with E-state index in [9.17, 15) is 14.4 Å². The summed E-state index contributed by atoms with van der Waals surface area (Å²) in [4.78, 5) is 60.7. The Hall–Kier alpha value is -9.08. The van der Waals surface area contributed by atoms with Gasteiger partial charge in [-0.1, -0.05) is 192 Å². The minimum absolute atomic E-state index is 0. The highest BCUT2D eigenvalue weighted by Crippen LogP contribution is 2.54. The molecule has 3 amide bonds. The zero-order chi connectivity index (χ0) is 69.9. The maximum absolute atomic E-state index is 13.6. The summed E-state index contributed by atoms with van der Waals surface area (Å²) in [7, 11) is 7.84. The highest BCUT2D eigenvalue weighted by Gasteiger charge is 2.48. The van der Waals surface area contributed by atoms with Crippen molar-refractivity contribution in [3.63, 3.8) is 0 Å². The molecule has 0 fully saturated rings. The maximum Gasteiger partial charge on any atom is 0.255 e. The van der Waals surface area contributed by atoms with Gasteiger partial charge in [0.25, 0.3) is 17.7 Å². The average molecular weight is 1410 g/mol. The van der Waals surface area contributed by atoms with E-state index in [0.717, 1.165) is 138 Å². The number of amides is 3. The van der Waals surface area contributed by atoms with Crippen LogP contribution in [0.2, 0.25) is 0 Å². The molecular weight excluding hydrogens is 1310 g/mol. The SMILES string of the molecule is CC.CC.CC.CC.CC.CC.CCn1c2ccccc2c2c3c(c4c5ccccc5[nH]c4c21)C(C)(C)N(C)C3=O.CN1C(=O)c2c(c3c4ccccc4[nH]c3c3[nH]c4ccccc4c23)C1(C)C.CN1C(=O)c2c(c3c4ccccc4[nH]c3c3c2c2ccccc2n3C)C1(C)C.I. The van der Waals surface area contributed by atoms with E-state index in [-0.39, 0.29) is 58.3 Å². The number of aromatic amines is 4. The second-order valence-electron chi connectivity index (χ2n) is 25.0. The van der Waals surface area contributed by atoms with E-state index in [4.69, 9.17) is 0 Å². The van der Waals surface area contributed by atoms with Gasteiger partial charge in [-0.05, 0) is 84.9 Å². The first-order chi connectivity index (χ1) is 46.4. The Morgan fingerprint density at radius 3 is 0.948 bits per heavy atom. The van der Waals surface area contributed by atoms with E-state index in [1.54, 1.807) is 0 Å². The average Bonchev–Trinajstić information content (AvgIpc) is 1.55. The van der Waals surface area contributed by atoms with Gasteiger partial charge in [0, 0.05) is 149 Å². The van der Waals surface area contributed by atoms with Crippen molar-refractivity contribution in [2.75, 3.05) is 21.1 Å². The largest absolute Gasteiger partial charge is 0.353 e. The molecule has 97 heavy (non-hydrogen) atoms. The van der Waals surface area contributed by atoms with E-state index in [2.05, 4.69) is 212 Å². The van der Waals surface area contributed by atoms with Gasteiger partial charge in [0.15, 0.2) is 0 Å². The standard InChI is InChI=1S/C25H23N3O.C24H21N3O.C23H19N3O.6C2H6.HI/c1-5-28-17-13-9-7-11-15(17)18-20-21(25(2,3)27(4)24(20)29)19-14-10-6-8-12-16(14)26-22(19)23(18)28;1-24(2)20-18-13-9-5-7-11-15(13)25-21(18)22-17(19(20)23(28)27(24)4)14-10-6-8-12-16(14)26(22)3;1-23(2)19-17-13-9-5-7-11-15(13)25-21(17)20-16(18(19)22(27)26(23)3)12-8-4-6-10-14(12)24-20;6*1-2;/h6-13,26H,5H2,1-4H3;5-12,25H,1-4H3;4-11,24-25H,1-3H3;6*1-2H3;1H. The lowest BCUT2D eigenvalue weighted by atomic mass is 9.87. The van der Waals surface area contributed by atoms with Crippen molar-refractivity contribution in [1.29, 1.82) is 0 Å². The number of nitrogens with zero attached hydrogens (tertiary/aromatic N) is 5. The second kappa shape index (κ2) is 27.8. The number of H-pyrrole nitrogens is 4. The Kier molecular flexibility index (Phi) is 20.7. The van der Waals surface area contributed by atoms with Crippen LogP contribution in [0, 0.1) is 0 Å². The molecule has 0 saturated heterocycles. The number of hydrogen-bond acceptors (Lipinski definition) is 3. The number of carbonyl (C=O) groups excluding carboxylic acids is 3. The summed E-state index contributed by atoms with van der Waals surface area (Å²) in [5.74, 6) is 0.312. The monoisotopic (exact) mass is 1410 g/mol. The van der Waals surface area contributed by atoms with Crippen molar-refractivity contribution in [1.82, 2.24) is 43.8 Å². The van der Waals surface area contributed by atoms with Crippen molar-refractivity contribution < 1.29 is 14.4 Å². The molecule has 15 aromatic rings. The first-order valence-electron chi connectivity index (χ1n) is 35.1. The van der Waals surface area contributed by atoms with Gasteiger partial charge in [0.1, 0.15) is 0 Å². The Bertz CT molecular complexity index is 5500. The van der Waals surface area contributed by atoms with Crippen molar-refractivity contribution in [2.45, 2.75) is 155 Å². The number of halogens is 1. The molecule has 0 bridgehead atoms. The van der Waals surface area contributed by atoms with E-state index in [0.29, 0.717) is 0 Å². The topological polar surface area (TPSA) is 134 Å². The van der Waals surface area contributed by atoms with E-state index >= 15 is 0 Å². The molecule has 0 aliphatic carbocycles. The van der Waals surface area contributed by atoms with Crippen molar-refractivity contribution in [2.24, 2.45) is 7.05 Å². The molecule has 9 aromatic carbocycles. The van der Waals surface area contributed by atoms with E-state index < -0.39 is 0 Å². The summed E-state index contributed by atoms with van der Waals surface area (Å²) in [5, 5.41) is 13.6. The molecule has 0 saturated carbocycles. The van der Waals surface area contributed by atoms with Gasteiger partial charge in [-0.15, -0.1) is 24.0 Å². The number of fused-ring (bicyclic) bond motifs is 30. The number of nitrogens with one attached hydrogen (secondary N) is 4. The van der Waals surface area contributed by atoms with Crippen LogP contribution in [0.3, 0.4) is 0 Å². The minimum Gasteiger partial charge on any atom is -0.353 e. The molecule has 4 N–H and O–H groups in total. The molecule has 0 atom stereocenters. The van der Waals surface area contributed by atoms with Gasteiger partial charge in [-0.3, -0.25) is 14.4 Å². The van der Waals surface area contributed by atoms with Crippen molar-refractivity contribution in [3.8, 4) is 0 Å². The summed E-state index contributed by atoms with van der Waals surface area (Å²) in [6.07, 6.45) is 0. The Balaban J connectivity index is 0.000000157. The molecule has 3 aliphatic heterocycles. The molecule has 0 unspecified atom stereocenters. The summed E-state index contributed by atoms with van der Waals surface area (Å²) < 4.78 is 4.57. The van der Waals surface area contributed by atoms with Gasteiger partial charge in [0.05, 0.1) is 66.4 Å². The third kappa shape index (κ3) is 10.3. The minimum atomic E-state index is -0.376. The molecule has 506 valence electrons. The number of hydrogen-bond donors (Lipinski definition) is 4. The van der Waals surface area contributed by atoms with Crippen LogP contribution >= 0.6 is 24.0 Å². The predicted molar refractivity (Wildman–Crippen MR) is 428 cm³/mol. The van der Waals surface area contributed by atoms with Crippen LogP contribution in [0.5, 0.6) is 0 Å². The lowest BCUT2D eigenvalue weighted by Gasteiger charge is -2.29. The lowest BCUT2D eigenvalue weighted by Crippen LogP contribution is -2.35. The van der Waals surface area contributed by atoms with Crippen LogP contribution in [-0.2, 0) is 30.2 Å². The number of aromatic nitrogens is 6. The fourth-order valence-corrected chi connectivity index (χ4v) is 15.4. The fraction of sp³-hybridized carbons (Fsp3) is 0.321. The number of benzene rings is 9. The third-order valence-corrected chi connectivity index (χ3v) is 20.1. The summed E-state index contributed by atoms with van der Waals surface area (Å²) >= 11 is 0. The first-order valence-corrected chi connectivity index (χ1v) is 35.1. The first kappa shape index (κ1) is 72.2.